The van der Waals surface area contributed by atoms with Crippen molar-refractivity contribution >= 4 is 6.09 Å². The summed E-state index contributed by atoms with van der Waals surface area (Å²) in [5, 5.41) is 6.92. The lowest BCUT2D eigenvalue weighted by molar-refractivity contribution is 0.0516. The summed E-state index contributed by atoms with van der Waals surface area (Å²) in [6, 6.07) is 1.24. The van der Waals surface area contributed by atoms with E-state index in [0.29, 0.717) is 18.0 Å². The van der Waals surface area contributed by atoms with Crippen molar-refractivity contribution in [2.75, 3.05) is 6.54 Å². The fourth-order valence-corrected chi connectivity index (χ4v) is 4.22. The third kappa shape index (κ3) is 5.98. The van der Waals surface area contributed by atoms with Gasteiger partial charge in [0.05, 0.1) is 0 Å². The van der Waals surface area contributed by atoms with Gasteiger partial charge < -0.3 is 15.4 Å². The van der Waals surface area contributed by atoms with Crippen LogP contribution in [0.25, 0.3) is 0 Å². The molecule has 1 amide bonds. The van der Waals surface area contributed by atoms with Gasteiger partial charge >= 0.3 is 6.09 Å². The summed E-state index contributed by atoms with van der Waals surface area (Å²) in [7, 11) is 0. The number of hydrogen-bond acceptors (Lipinski definition) is 3. The molecule has 0 heterocycles. The van der Waals surface area contributed by atoms with E-state index >= 15 is 0 Å². The highest BCUT2D eigenvalue weighted by Crippen LogP contribution is 2.31. The molecule has 0 spiro atoms. The summed E-state index contributed by atoms with van der Waals surface area (Å²) >= 11 is 0. The van der Waals surface area contributed by atoms with Crippen LogP contribution >= 0.6 is 0 Å². The Morgan fingerprint density at radius 3 is 2.30 bits per heavy atom. The second kappa shape index (κ2) is 8.36. The van der Waals surface area contributed by atoms with E-state index < -0.39 is 5.60 Å². The fraction of sp³-hybridized carbons (Fsp3) is 0.947. The molecule has 0 aliphatic heterocycles. The van der Waals surface area contributed by atoms with Gasteiger partial charge in [0.1, 0.15) is 5.60 Å². The van der Waals surface area contributed by atoms with Gasteiger partial charge in [-0.25, -0.2) is 4.79 Å². The van der Waals surface area contributed by atoms with E-state index in [0.717, 1.165) is 12.5 Å². The molecule has 2 aliphatic carbocycles. The molecule has 4 heteroatoms. The number of rotatable bonds is 5. The molecule has 4 unspecified atom stereocenters. The van der Waals surface area contributed by atoms with Crippen LogP contribution in [0.15, 0.2) is 0 Å². The van der Waals surface area contributed by atoms with E-state index in [1.54, 1.807) is 0 Å². The highest BCUT2D eigenvalue weighted by atomic mass is 16.6. The summed E-state index contributed by atoms with van der Waals surface area (Å²) in [6.45, 7) is 8.76. The largest absolute Gasteiger partial charge is 0.444 e. The molecule has 4 nitrogen and oxygen atoms in total. The molecule has 2 rings (SSSR count). The first-order valence-corrected chi connectivity index (χ1v) is 9.62. The minimum Gasteiger partial charge on any atom is -0.444 e. The third-order valence-electron chi connectivity index (χ3n) is 5.43. The molecule has 2 saturated carbocycles. The van der Waals surface area contributed by atoms with Crippen LogP contribution in [0.2, 0.25) is 0 Å². The maximum absolute atomic E-state index is 11.9. The van der Waals surface area contributed by atoms with Crippen molar-refractivity contribution in [1.82, 2.24) is 10.6 Å². The molecule has 0 aromatic heterocycles. The zero-order valence-electron chi connectivity index (χ0n) is 15.5. The van der Waals surface area contributed by atoms with Crippen molar-refractivity contribution in [2.24, 2.45) is 11.8 Å². The molecule has 4 atom stereocenters. The van der Waals surface area contributed by atoms with Gasteiger partial charge in [-0.05, 0) is 58.3 Å². The van der Waals surface area contributed by atoms with Crippen molar-refractivity contribution in [2.45, 2.75) is 96.7 Å². The Bertz CT molecular complexity index is 378. The normalized spacial score (nSPS) is 31.8. The molecule has 0 saturated heterocycles. The molecular formula is C19H36N2O2. The first-order valence-electron chi connectivity index (χ1n) is 9.62. The highest BCUT2D eigenvalue weighted by Gasteiger charge is 2.32. The predicted octanol–water partition coefficient (Wildman–Crippen LogP) is 4.24. The lowest BCUT2D eigenvalue weighted by Crippen LogP contribution is -2.48. The van der Waals surface area contributed by atoms with Crippen LogP contribution < -0.4 is 10.6 Å². The van der Waals surface area contributed by atoms with Crippen LogP contribution in [0.1, 0.15) is 79.1 Å². The van der Waals surface area contributed by atoms with Crippen LogP contribution in [0.5, 0.6) is 0 Å². The van der Waals surface area contributed by atoms with Crippen LogP contribution in [0, 0.1) is 11.8 Å². The Balaban J connectivity index is 1.79. The maximum atomic E-state index is 11.9. The number of carbonyl (C=O) groups is 1. The Labute approximate surface area is 142 Å². The number of alkyl carbamates (subject to hydrolysis) is 1. The lowest BCUT2D eigenvalue weighted by atomic mass is 9.82. The van der Waals surface area contributed by atoms with Crippen LogP contribution in [0.4, 0.5) is 4.79 Å². The Kier molecular flexibility index (Phi) is 6.75. The standard InChI is InChI=1S/C19H36N2O2/c1-5-14-9-6-7-11-16(14)21-17-12-8-10-15(17)13-20-18(22)23-19(2,3)4/h14-17,21H,5-13H2,1-4H3,(H,20,22). The number of carbonyl (C=O) groups excluding carboxylic acids is 1. The number of amides is 1. The van der Waals surface area contributed by atoms with Gasteiger partial charge in [-0.2, -0.15) is 0 Å². The Hall–Kier alpha value is -0.770. The van der Waals surface area contributed by atoms with Gasteiger partial charge in [-0.1, -0.05) is 32.6 Å². The molecule has 2 fully saturated rings. The second-order valence-corrected chi connectivity index (χ2v) is 8.41. The molecule has 2 aliphatic rings. The van der Waals surface area contributed by atoms with Gasteiger partial charge in [0, 0.05) is 18.6 Å². The number of hydrogen-bond donors (Lipinski definition) is 2. The first kappa shape index (κ1) is 18.6. The summed E-state index contributed by atoms with van der Waals surface area (Å²) in [6.07, 6.45) is 10.2. The Morgan fingerprint density at radius 2 is 1.61 bits per heavy atom. The van der Waals surface area contributed by atoms with Gasteiger partial charge in [-0.3, -0.25) is 0 Å². The molecular weight excluding hydrogens is 288 g/mol. The van der Waals surface area contributed by atoms with Gasteiger partial charge in [0.25, 0.3) is 0 Å². The van der Waals surface area contributed by atoms with Gasteiger partial charge in [-0.15, -0.1) is 0 Å². The molecule has 0 aromatic carbocycles. The molecule has 0 radical (unpaired) electrons. The summed E-state index contributed by atoms with van der Waals surface area (Å²) < 4.78 is 5.35. The van der Waals surface area contributed by atoms with Gasteiger partial charge in [0.15, 0.2) is 0 Å². The number of nitrogens with one attached hydrogen (secondary N) is 2. The van der Waals surface area contributed by atoms with Crippen LogP contribution in [-0.2, 0) is 4.74 Å². The second-order valence-electron chi connectivity index (χ2n) is 8.41. The molecule has 0 bridgehead atoms. The quantitative estimate of drug-likeness (QED) is 0.795. The van der Waals surface area contributed by atoms with Crippen molar-refractivity contribution in [3.05, 3.63) is 0 Å². The average Bonchev–Trinajstić information content (AvgIpc) is 2.91. The molecule has 2 N–H and O–H groups in total. The summed E-state index contributed by atoms with van der Waals surface area (Å²) in [4.78, 5) is 11.9. The Morgan fingerprint density at radius 1 is 1.00 bits per heavy atom. The van der Waals surface area contributed by atoms with E-state index in [1.807, 2.05) is 20.8 Å². The molecule has 0 aromatic rings. The van der Waals surface area contributed by atoms with E-state index in [4.69, 9.17) is 4.74 Å². The maximum Gasteiger partial charge on any atom is 0.407 e. The van der Waals surface area contributed by atoms with Crippen LogP contribution in [0.3, 0.4) is 0 Å². The van der Waals surface area contributed by atoms with E-state index in [-0.39, 0.29) is 6.09 Å². The van der Waals surface area contributed by atoms with Crippen molar-refractivity contribution in [1.29, 1.82) is 0 Å². The predicted molar refractivity (Wildman–Crippen MR) is 94.5 cm³/mol. The van der Waals surface area contributed by atoms with Crippen molar-refractivity contribution < 1.29 is 9.53 Å². The average molecular weight is 325 g/mol. The van der Waals surface area contributed by atoms with Crippen LogP contribution in [-0.4, -0.2) is 30.3 Å². The minimum absolute atomic E-state index is 0.285. The zero-order valence-corrected chi connectivity index (χ0v) is 15.5. The smallest absolute Gasteiger partial charge is 0.407 e. The van der Waals surface area contributed by atoms with E-state index in [9.17, 15) is 4.79 Å². The molecule has 23 heavy (non-hydrogen) atoms. The first-order chi connectivity index (χ1) is 10.9. The van der Waals surface area contributed by atoms with E-state index in [2.05, 4.69) is 17.6 Å². The number of ether oxygens (including phenoxy) is 1. The third-order valence-corrected chi connectivity index (χ3v) is 5.43. The highest BCUT2D eigenvalue weighted by molar-refractivity contribution is 5.67. The topological polar surface area (TPSA) is 50.4 Å². The monoisotopic (exact) mass is 324 g/mol. The SMILES string of the molecule is CCC1CCCCC1NC1CCCC1CNC(=O)OC(C)(C)C. The van der Waals surface area contributed by atoms with Gasteiger partial charge in [0.2, 0.25) is 0 Å². The van der Waals surface area contributed by atoms with E-state index in [1.165, 1.54) is 51.4 Å². The summed E-state index contributed by atoms with van der Waals surface area (Å²) in [5.74, 6) is 1.38. The van der Waals surface area contributed by atoms with Crippen molar-refractivity contribution in [3.63, 3.8) is 0 Å². The lowest BCUT2D eigenvalue weighted by Gasteiger charge is -2.35. The minimum atomic E-state index is -0.423. The summed E-state index contributed by atoms with van der Waals surface area (Å²) in [5.41, 5.74) is -0.423. The molecule has 134 valence electrons. The van der Waals surface area contributed by atoms with Crippen molar-refractivity contribution in [3.8, 4) is 0 Å². The zero-order chi connectivity index (χ0) is 16.9. The fourth-order valence-electron chi connectivity index (χ4n) is 4.22.